The number of urea groups is 1. The SMILES string of the molecule is CN(C)S(=O)(=O)c1cccc(CN2C(=O)NC(C)(c3ccccc3)C2=O)c1. The van der Waals surface area contributed by atoms with E-state index in [0.717, 1.165) is 9.21 Å². The number of sulfonamides is 1. The lowest BCUT2D eigenvalue weighted by atomic mass is 9.92. The van der Waals surface area contributed by atoms with Gasteiger partial charge >= 0.3 is 6.03 Å². The average Bonchev–Trinajstić information content (AvgIpc) is 2.87. The summed E-state index contributed by atoms with van der Waals surface area (Å²) in [7, 11) is -0.698. The highest BCUT2D eigenvalue weighted by Gasteiger charge is 2.48. The lowest BCUT2D eigenvalue weighted by molar-refractivity contribution is -0.131. The number of nitrogens with zero attached hydrogens (tertiary/aromatic N) is 2. The molecule has 8 heteroatoms. The Labute approximate surface area is 158 Å². The summed E-state index contributed by atoms with van der Waals surface area (Å²) in [4.78, 5) is 26.6. The number of carbonyl (C=O) groups excluding carboxylic acids is 2. The first-order valence-electron chi connectivity index (χ1n) is 8.37. The Hall–Kier alpha value is -2.71. The van der Waals surface area contributed by atoms with Gasteiger partial charge in [0.05, 0.1) is 11.4 Å². The quantitative estimate of drug-likeness (QED) is 0.794. The van der Waals surface area contributed by atoms with Crippen LogP contribution in [0.1, 0.15) is 18.1 Å². The summed E-state index contributed by atoms with van der Waals surface area (Å²) in [6.45, 7) is 1.65. The molecule has 0 spiro atoms. The van der Waals surface area contributed by atoms with E-state index in [9.17, 15) is 18.0 Å². The molecule has 2 aromatic rings. The third-order valence-corrected chi connectivity index (χ3v) is 6.45. The molecule has 2 aromatic carbocycles. The molecule has 1 heterocycles. The van der Waals surface area contributed by atoms with E-state index in [-0.39, 0.29) is 17.3 Å². The van der Waals surface area contributed by atoms with Gasteiger partial charge in [-0.3, -0.25) is 9.69 Å². The first-order chi connectivity index (χ1) is 12.7. The molecule has 0 aliphatic carbocycles. The van der Waals surface area contributed by atoms with E-state index >= 15 is 0 Å². The fraction of sp³-hybridized carbons (Fsp3) is 0.263. The molecule has 0 bridgehead atoms. The smallest absolute Gasteiger partial charge is 0.319 e. The van der Waals surface area contributed by atoms with E-state index in [1.54, 1.807) is 43.3 Å². The van der Waals surface area contributed by atoms with Crippen LogP contribution in [0.3, 0.4) is 0 Å². The zero-order chi connectivity index (χ0) is 19.8. The van der Waals surface area contributed by atoms with Gasteiger partial charge in [-0.2, -0.15) is 0 Å². The average molecular weight is 387 g/mol. The molecule has 0 saturated carbocycles. The molecule has 0 aromatic heterocycles. The van der Waals surface area contributed by atoms with Crippen LogP contribution in [-0.4, -0.2) is 43.7 Å². The van der Waals surface area contributed by atoms with Crippen LogP contribution in [0.5, 0.6) is 0 Å². The molecule has 1 saturated heterocycles. The molecule has 1 unspecified atom stereocenters. The number of benzene rings is 2. The molecule has 3 amide bonds. The molecule has 1 aliphatic rings. The van der Waals surface area contributed by atoms with Crippen molar-refractivity contribution in [2.24, 2.45) is 0 Å². The van der Waals surface area contributed by atoms with Crippen LogP contribution in [0.15, 0.2) is 59.5 Å². The maximum Gasteiger partial charge on any atom is 0.325 e. The number of rotatable bonds is 5. The Balaban J connectivity index is 1.89. The first kappa shape index (κ1) is 19.1. The molecule has 7 nitrogen and oxygen atoms in total. The zero-order valence-corrected chi connectivity index (χ0v) is 16.2. The zero-order valence-electron chi connectivity index (χ0n) is 15.3. The highest BCUT2D eigenvalue weighted by atomic mass is 32.2. The van der Waals surface area contributed by atoms with Crippen LogP contribution >= 0.6 is 0 Å². The van der Waals surface area contributed by atoms with Crippen molar-refractivity contribution in [3.8, 4) is 0 Å². The van der Waals surface area contributed by atoms with Gasteiger partial charge in [-0.05, 0) is 30.2 Å². The van der Waals surface area contributed by atoms with Crippen LogP contribution in [0.2, 0.25) is 0 Å². The molecule has 1 N–H and O–H groups in total. The van der Waals surface area contributed by atoms with Crippen LogP contribution in [0.4, 0.5) is 4.79 Å². The topological polar surface area (TPSA) is 86.8 Å². The second-order valence-electron chi connectivity index (χ2n) is 6.75. The van der Waals surface area contributed by atoms with Gasteiger partial charge in [0.2, 0.25) is 10.0 Å². The Morgan fingerprint density at radius 1 is 1.04 bits per heavy atom. The number of imide groups is 1. The van der Waals surface area contributed by atoms with Gasteiger partial charge in [-0.15, -0.1) is 0 Å². The molecule has 142 valence electrons. The van der Waals surface area contributed by atoms with Gasteiger partial charge in [-0.1, -0.05) is 42.5 Å². The summed E-state index contributed by atoms with van der Waals surface area (Å²) in [5.74, 6) is -0.375. The Bertz CT molecular complexity index is 989. The molecule has 27 heavy (non-hydrogen) atoms. The molecule has 1 fully saturated rings. The number of carbonyl (C=O) groups is 2. The van der Waals surface area contributed by atoms with Crippen LogP contribution in [0, 0.1) is 0 Å². The van der Waals surface area contributed by atoms with E-state index in [4.69, 9.17) is 0 Å². The Kier molecular flexibility index (Phi) is 4.79. The van der Waals surface area contributed by atoms with Crippen molar-refractivity contribution in [1.82, 2.24) is 14.5 Å². The minimum absolute atomic E-state index is 0.0100. The van der Waals surface area contributed by atoms with Gasteiger partial charge in [0.15, 0.2) is 0 Å². The molecular weight excluding hydrogens is 366 g/mol. The van der Waals surface area contributed by atoms with Crippen molar-refractivity contribution >= 4 is 22.0 Å². The van der Waals surface area contributed by atoms with Crippen molar-refractivity contribution < 1.29 is 18.0 Å². The van der Waals surface area contributed by atoms with Crippen LogP contribution in [-0.2, 0) is 26.9 Å². The minimum Gasteiger partial charge on any atom is -0.319 e. The fourth-order valence-corrected chi connectivity index (χ4v) is 3.98. The van der Waals surface area contributed by atoms with Crippen molar-refractivity contribution in [1.29, 1.82) is 0 Å². The Morgan fingerprint density at radius 2 is 1.70 bits per heavy atom. The van der Waals surface area contributed by atoms with E-state index in [2.05, 4.69) is 5.32 Å². The summed E-state index contributed by atoms with van der Waals surface area (Å²) in [6, 6.07) is 14.8. The molecule has 3 rings (SSSR count). The standard InChI is InChI=1S/C19H21N3O4S/c1-19(15-9-5-4-6-10-15)17(23)22(18(24)20-19)13-14-8-7-11-16(12-14)27(25,26)21(2)3/h4-12H,13H2,1-3H3,(H,20,24). The molecule has 0 radical (unpaired) electrons. The second kappa shape index (κ2) is 6.79. The molecule has 1 atom stereocenters. The van der Waals surface area contributed by atoms with Crippen LogP contribution < -0.4 is 5.32 Å². The Morgan fingerprint density at radius 3 is 2.33 bits per heavy atom. The maximum absolute atomic E-state index is 12.9. The predicted octanol–water partition coefficient (Wildman–Crippen LogP) is 1.90. The summed E-state index contributed by atoms with van der Waals surface area (Å²) >= 11 is 0. The monoisotopic (exact) mass is 387 g/mol. The first-order valence-corrected chi connectivity index (χ1v) is 9.81. The highest BCUT2D eigenvalue weighted by Crippen LogP contribution is 2.29. The number of hydrogen-bond acceptors (Lipinski definition) is 4. The maximum atomic E-state index is 12.9. The van der Waals surface area contributed by atoms with E-state index in [0.29, 0.717) is 11.1 Å². The number of amides is 3. The van der Waals surface area contributed by atoms with Gasteiger partial charge in [0.25, 0.3) is 5.91 Å². The van der Waals surface area contributed by atoms with Gasteiger partial charge in [0.1, 0.15) is 5.54 Å². The lowest BCUT2D eigenvalue weighted by Gasteiger charge is -2.22. The van der Waals surface area contributed by atoms with E-state index in [1.807, 2.05) is 6.07 Å². The summed E-state index contributed by atoms with van der Waals surface area (Å²) in [5, 5.41) is 2.74. The fourth-order valence-electron chi connectivity index (χ4n) is 3.01. The molecular formula is C19H21N3O4S. The van der Waals surface area contributed by atoms with Gasteiger partial charge < -0.3 is 5.32 Å². The third kappa shape index (κ3) is 3.33. The summed E-state index contributed by atoms with van der Waals surface area (Å²) < 4.78 is 25.7. The third-order valence-electron chi connectivity index (χ3n) is 4.64. The number of hydrogen-bond donors (Lipinski definition) is 1. The lowest BCUT2D eigenvalue weighted by Crippen LogP contribution is -2.40. The minimum atomic E-state index is -3.60. The molecule has 1 aliphatic heterocycles. The van der Waals surface area contributed by atoms with Gasteiger partial charge in [-0.25, -0.2) is 17.5 Å². The predicted molar refractivity (Wildman–Crippen MR) is 100 cm³/mol. The highest BCUT2D eigenvalue weighted by molar-refractivity contribution is 7.89. The van der Waals surface area contributed by atoms with Crippen molar-refractivity contribution in [3.05, 3.63) is 65.7 Å². The van der Waals surface area contributed by atoms with Crippen molar-refractivity contribution in [3.63, 3.8) is 0 Å². The summed E-state index contributed by atoms with van der Waals surface area (Å²) in [5.41, 5.74) is 0.0968. The normalized spacial score (nSPS) is 20.2. The summed E-state index contributed by atoms with van der Waals surface area (Å²) in [6.07, 6.45) is 0. The van der Waals surface area contributed by atoms with Crippen molar-refractivity contribution in [2.45, 2.75) is 23.9 Å². The number of nitrogens with one attached hydrogen (secondary N) is 1. The van der Waals surface area contributed by atoms with Crippen molar-refractivity contribution in [2.75, 3.05) is 14.1 Å². The van der Waals surface area contributed by atoms with E-state index < -0.39 is 21.6 Å². The largest absolute Gasteiger partial charge is 0.325 e. The van der Waals surface area contributed by atoms with Gasteiger partial charge in [0, 0.05) is 14.1 Å². The second-order valence-corrected chi connectivity index (χ2v) is 8.90. The van der Waals surface area contributed by atoms with Crippen LogP contribution in [0.25, 0.3) is 0 Å². The van der Waals surface area contributed by atoms with E-state index in [1.165, 1.54) is 26.2 Å².